The molecule has 1 unspecified atom stereocenters. The van der Waals surface area contributed by atoms with E-state index in [0.29, 0.717) is 12.8 Å². The number of hydrogen-bond donors (Lipinski definition) is 2. The molecule has 0 heterocycles. The molecule has 0 aromatic rings. The van der Waals surface area contributed by atoms with Crippen LogP contribution in [-0.2, 0) is 14.3 Å². The fraction of sp³-hybridized carbons (Fsp3) is 0.867. The molecule has 0 aliphatic rings. The Morgan fingerprint density at radius 3 is 2.14 bits per heavy atom. The smallest absolute Gasteiger partial charge is 0.328 e. The highest BCUT2D eigenvalue weighted by molar-refractivity contribution is 5.90. The Morgan fingerprint density at radius 2 is 1.76 bits per heavy atom. The van der Waals surface area contributed by atoms with Crippen LogP contribution in [0.15, 0.2) is 0 Å². The van der Waals surface area contributed by atoms with Crippen LogP contribution in [-0.4, -0.2) is 29.6 Å². The summed E-state index contributed by atoms with van der Waals surface area (Å²) in [4.78, 5) is 24.2. The summed E-state index contributed by atoms with van der Waals surface area (Å²) in [5.74, 6) is -0.421. The van der Waals surface area contributed by atoms with Crippen LogP contribution < -0.4 is 11.1 Å². The molecule has 0 saturated carbocycles. The molecule has 6 heteroatoms. The number of carbonyl (C=O) groups excluding carboxylic acids is 2. The molecular weight excluding hydrogens is 292 g/mol. The van der Waals surface area contributed by atoms with Crippen LogP contribution in [0, 0.1) is 5.92 Å². The van der Waals surface area contributed by atoms with Crippen molar-refractivity contribution in [2.45, 2.75) is 78.5 Å². The average molecular weight is 323 g/mol. The number of ether oxygens (including phenoxy) is 1. The summed E-state index contributed by atoms with van der Waals surface area (Å²) in [7, 11) is 0. The average Bonchev–Trinajstić information content (AvgIpc) is 2.26. The van der Waals surface area contributed by atoms with E-state index < -0.39 is 17.6 Å². The number of halogens is 1. The molecule has 1 amide bonds. The topological polar surface area (TPSA) is 81.4 Å². The molecule has 2 atom stereocenters. The fourth-order valence-corrected chi connectivity index (χ4v) is 1.96. The molecule has 0 bridgehead atoms. The van der Waals surface area contributed by atoms with E-state index in [4.69, 9.17) is 10.5 Å². The highest BCUT2D eigenvalue weighted by Gasteiger charge is 2.32. The second-order valence-electron chi connectivity index (χ2n) is 6.31. The van der Waals surface area contributed by atoms with E-state index in [0.717, 1.165) is 6.42 Å². The minimum Gasteiger partial charge on any atom is -0.461 e. The lowest BCUT2D eigenvalue weighted by atomic mass is 9.95. The number of esters is 1. The van der Waals surface area contributed by atoms with Crippen molar-refractivity contribution in [2.24, 2.45) is 11.7 Å². The predicted octanol–water partition coefficient (Wildman–Crippen LogP) is 2.41. The van der Waals surface area contributed by atoms with E-state index >= 15 is 0 Å². The quantitative estimate of drug-likeness (QED) is 0.672. The van der Waals surface area contributed by atoms with E-state index in [1.807, 2.05) is 20.8 Å². The van der Waals surface area contributed by atoms with E-state index in [2.05, 4.69) is 5.32 Å². The minimum absolute atomic E-state index is 0. The zero-order valence-corrected chi connectivity index (χ0v) is 14.9. The van der Waals surface area contributed by atoms with Gasteiger partial charge in [-0.1, -0.05) is 27.2 Å². The van der Waals surface area contributed by atoms with Gasteiger partial charge in [-0.2, -0.15) is 0 Å². The molecule has 126 valence electrons. The SMILES string of the molecule is CCCC(C)(N)C(=O)N[C@@H](CC(C)C)C(=O)OC(C)C.Cl. The molecular formula is C15H31ClN2O3. The maximum absolute atomic E-state index is 12.2. The van der Waals surface area contributed by atoms with Crippen molar-refractivity contribution in [3.63, 3.8) is 0 Å². The summed E-state index contributed by atoms with van der Waals surface area (Å²) < 4.78 is 5.19. The standard InChI is InChI=1S/C15H30N2O3.ClH/c1-7-8-15(6,16)14(19)17-12(9-10(2)3)13(18)20-11(4)5;/h10-12H,7-9,16H2,1-6H3,(H,17,19);1H/t12-,15?;/m0./s1. The largest absolute Gasteiger partial charge is 0.461 e. The monoisotopic (exact) mass is 322 g/mol. The minimum atomic E-state index is -0.956. The third-order valence-electron chi connectivity index (χ3n) is 2.94. The van der Waals surface area contributed by atoms with Crippen LogP contribution in [0.4, 0.5) is 0 Å². The predicted molar refractivity (Wildman–Crippen MR) is 87.4 cm³/mol. The molecule has 0 aromatic carbocycles. The highest BCUT2D eigenvalue weighted by atomic mass is 35.5. The van der Waals surface area contributed by atoms with Crippen LogP contribution in [0.1, 0.15) is 60.8 Å². The third-order valence-corrected chi connectivity index (χ3v) is 2.94. The lowest BCUT2D eigenvalue weighted by molar-refractivity contribution is -0.152. The van der Waals surface area contributed by atoms with Crippen molar-refractivity contribution in [1.29, 1.82) is 0 Å². The van der Waals surface area contributed by atoms with E-state index in [1.165, 1.54) is 0 Å². The molecule has 5 nitrogen and oxygen atoms in total. The van der Waals surface area contributed by atoms with Gasteiger partial charge < -0.3 is 15.8 Å². The second-order valence-corrected chi connectivity index (χ2v) is 6.31. The zero-order valence-electron chi connectivity index (χ0n) is 14.1. The lowest BCUT2D eigenvalue weighted by Crippen LogP contribution is -2.56. The van der Waals surface area contributed by atoms with Crippen LogP contribution in [0.3, 0.4) is 0 Å². The molecule has 21 heavy (non-hydrogen) atoms. The molecule has 0 rings (SSSR count). The third kappa shape index (κ3) is 8.94. The maximum Gasteiger partial charge on any atom is 0.328 e. The van der Waals surface area contributed by atoms with Crippen LogP contribution >= 0.6 is 12.4 Å². The number of nitrogens with one attached hydrogen (secondary N) is 1. The van der Waals surface area contributed by atoms with Gasteiger partial charge in [-0.3, -0.25) is 4.79 Å². The van der Waals surface area contributed by atoms with Gasteiger partial charge >= 0.3 is 5.97 Å². The van der Waals surface area contributed by atoms with E-state index in [1.54, 1.807) is 20.8 Å². The summed E-state index contributed by atoms with van der Waals surface area (Å²) in [5, 5.41) is 2.74. The van der Waals surface area contributed by atoms with Crippen molar-refractivity contribution in [3.05, 3.63) is 0 Å². The summed E-state index contributed by atoms with van der Waals surface area (Å²) in [6, 6.07) is -0.635. The molecule has 0 spiro atoms. The number of hydrogen-bond acceptors (Lipinski definition) is 4. The first-order valence-electron chi connectivity index (χ1n) is 7.40. The number of amides is 1. The highest BCUT2D eigenvalue weighted by Crippen LogP contribution is 2.12. The molecule has 0 radical (unpaired) electrons. The number of carbonyl (C=O) groups is 2. The summed E-state index contributed by atoms with van der Waals surface area (Å²) in [6.45, 7) is 11.2. The Morgan fingerprint density at radius 1 is 1.24 bits per heavy atom. The summed E-state index contributed by atoms with van der Waals surface area (Å²) in [6.07, 6.45) is 1.73. The van der Waals surface area contributed by atoms with Gasteiger partial charge in [0.1, 0.15) is 6.04 Å². The van der Waals surface area contributed by atoms with Gasteiger partial charge in [0.15, 0.2) is 0 Å². The first-order valence-corrected chi connectivity index (χ1v) is 7.40. The lowest BCUT2D eigenvalue weighted by Gasteiger charge is -2.27. The first-order chi connectivity index (χ1) is 9.10. The normalized spacial score (nSPS) is 15.1. The fourth-order valence-electron chi connectivity index (χ4n) is 1.96. The van der Waals surface area contributed by atoms with E-state index in [-0.39, 0.29) is 30.3 Å². The Hall–Kier alpha value is -0.810. The van der Waals surface area contributed by atoms with Gasteiger partial charge in [0.2, 0.25) is 5.91 Å². The Balaban J connectivity index is 0. The van der Waals surface area contributed by atoms with Gasteiger partial charge in [-0.05, 0) is 39.5 Å². The van der Waals surface area contributed by atoms with Crippen LogP contribution in [0.2, 0.25) is 0 Å². The van der Waals surface area contributed by atoms with Crippen molar-refractivity contribution < 1.29 is 14.3 Å². The summed E-state index contributed by atoms with van der Waals surface area (Å²) >= 11 is 0. The molecule has 0 aliphatic heterocycles. The zero-order chi connectivity index (χ0) is 15.9. The van der Waals surface area contributed by atoms with Crippen molar-refractivity contribution in [2.75, 3.05) is 0 Å². The van der Waals surface area contributed by atoms with Crippen molar-refractivity contribution in [1.82, 2.24) is 5.32 Å². The Labute approximate surface area is 134 Å². The van der Waals surface area contributed by atoms with Crippen molar-refractivity contribution >= 4 is 24.3 Å². The number of rotatable bonds is 8. The second kappa shape index (κ2) is 10.0. The van der Waals surface area contributed by atoms with Gasteiger partial charge in [0.05, 0.1) is 11.6 Å². The van der Waals surface area contributed by atoms with E-state index in [9.17, 15) is 9.59 Å². The molecule has 0 aliphatic carbocycles. The van der Waals surface area contributed by atoms with Gasteiger partial charge in [-0.15, -0.1) is 12.4 Å². The van der Waals surface area contributed by atoms with Gasteiger partial charge in [-0.25, -0.2) is 4.79 Å². The first kappa shape index (κ1) is 22.5. The molecule has 3 N–H and O–H groups in total. The Kier molecular flexibility index (Phi) is 10.7. The van der Waals surface area contributed by atoms with Crippen molar-refractivity contribution in [3.8, 4) is 0 Å². The van der Waals surface area contributed by atoms with Crippen LogP contribution in [0.25, 0.3) is 0 Å². The van der Waals surface area contributed by atoms with Gasteiger partial charge in [0, 0.05) is 0 Å². The molecule has 0 aromatic heterocycles. The molecule has 0 saturated heterocycles. The Bertz CT molecular complexity index is 331. The maximum atomic E-state index is 12.2. The molecule has 0 fully saturated rings. The van der Waals surface area contributed by atoms with Gasteiger partial charge in [0.25, 0.3) is 0 Å². The summed E-state index contributed by atoms with van der Waals surface area (Å²) in [5.41, 5.74) is 5.03. The van der Waals surface area contributed by atoms with Crippen LogP contribution in [0.5, 0.6) is 0 Å². The number of nitrogens with two attached hydrogens (primary N) is 1.